The number of nitrogens with zero attached hydrogens (tertiary/aromatic N) is 1. The van der Waals surface area contributed by atoms with E-state index < -0.39 is 0 Å². The highest BCUT2D eigenvalue weighted by Gasteiger charge is 2.26. The van der Waals surface area contributed by atoms with Crippen LogP contribution in [-0.2, 0) is 11.2 Å². The maximum Gasteiger partial charge on any atom is 0.227 e. The van der Waals surface area contributed by atoms with Crippen LogP contribution in [0.2, 0.25) is 0 Å². The number of aliphatic hydroxyl groups is 1. The van der Waals surface area contributed by atoms with Crippen LogP contribution in [0.25, 0.3) is 10.9 Å². The number of amides is 1. The Morgan fingerprint density at radius 1 is 1.41 bits per heavy atom. The zero-order valence-electron chi connectivity index (χ0n) is 13.1. The molecule has 4 nitrogen and oxygen atoms in total. The molecule has 0 radical (unpaired) electrons. The van der Waals surface area contributed by atoms with Gasteiger partial charge in [0.1, 0.15) is 0 Å². The van der Waals surface area contributed by atoms with Gasteiger partial charge < -0.3 is 15.0 Å². The number of aromatic amines is 1. The molecule has 1 atom stereocenters. The lowest BCUT2D eigenvalue weighted by atomic mass is 9.98. The van der Waals surface area contributed by atoms with E-state index >= 15 is 0 Å². The van der Waals surface area contributed by atoms with Gasteiger partial charge in [0, 0.05) is 36.3 Å². The number of carbonyl (C=O) groups is 1. The summed E-state index contributed by atoms with van der Waals surface area (Å²) < 4.78 is 0. The molecule has 1 aliphatic heterocycles. The number of nitrogens with one attached hydrogen (secondary N) is 1. The molecule has 2 aromatic rings. The Balaban J connectivity index is 1.80. The first-order valence-corrected chi connectivity index (χ1v) is 8.16. The van der Waals surface area contributed by atoms with Crippen molar-refractivity contribution in [3.8, 4) is 0 Å². The fourth-order valence-corrected chi connectivity index (χ4v) is 3.63. The van der Waals surface area contributed by atoms with E-state index in [1.165, 1.54) is 10.9 Å². The molecule has 1 fully saturated rings. The number of fused-ring (bicyclic) bond motifs is 1. The fourth-order valence-electron chi connectivity index (χ4n) is 3.63. The van der Waals surface area contributed by atoms with Crippen LogP contribution in [0.4, 0.5) is 0 Å². The maximum atomic E-state index is 12.7. The highest BCUT2D eigenvalue weighted by molar-refractivity contribution is 5.91. The lowest BCUT2D eigenvalue weighted by molar-refractivity contribution is -0.134. The normalized spacial score (nSPS) is 18.8. The van der Waals surface area contributed by atoms with Crippen molar-refractivity contribution in [1.29, 1.82) is 0 Å². The number of aryl methyl sites for hydroxylation is 1. The third-order valence-corrected chi connectivity index (χ3v) is 4.75. The molecular weight excluding hydrogens is 276 g/mol. The molecular formula is C18H24N2O2. The number of aliphatic hydroxyl groups excluding tert-OH is 1. The number of aromatic nitrogens is 1. The summed E-state index contributed by atoms with van der Waals surface area (Å²) >= 11 is 0. The van der Waals surface area contributed by atoms with Gasteiger partial charge in [0.05, 0.1) is 6.42 Å². The molecule has 0 spiro atoms. The molecule has 3 rings (SSSR count). The summed E-state index contributed by atoms with van der Waals surface area (Å²) in [6.07, 6.45) is 6.33. The Morgan fingerprint density at radius 3 is 3.09 bits per heavy atom. The van der Waals surface area contributed by atoms with E-state index in [4.69, 9.17) is 0 Å². The Bertz CT molecular complexity index is 660. The predicted octanol–water partition coefficient (Wildman–Crippen LogP) is 2.78. The lowest BCUT2D eigenvalue weighted by Gasteiger charge is -2.35. The Morgan fingerprint density at radius 2 is 2.27 bits per heavy atom. The molecule has 22 heavy (non-hydrogen) atoms. The van der Waals surface area contributed by atoms with Gasteiger partial charge in [0.15, 0.2) is 0 Å². The number of carbonyl (C=O) groups excluding carboxylic acids is 1. The maximum absolute atomic E-state index is 12.7. The second-order valence-corrected chi connectivity index (χ2v) is 6.24. The van der Waals surface area contributed by atoms with Gasteiger partial charge in [-0.2, -0.15) is 0 Å². The largest absolute Gasteiger partial charge is 0.396 e. The molecule has 0 aliphatic carbocycles. The van der Waals surface area contributed by atoms with Crippen LogP contribution < -0.4 is 0 Å². The summed E-state index contributed by atoms with van der Waals surface area (Å²) in [5.41, 5.74) is 3.37. The Hall–Kier alpha value is -1.81. The van der Waals surface area contributed by atoms with Crippen LogP contribution in [0.15, 0.2) is 24.4 Å². The van der Waals surface area contributed by atoms with E-state index in [9.17, 15) is 9.90 Å². The van der Waals surface area contributed by atoms with Crippen LogP contribution >= 0.6 is 0 Å². The van der Waals surface area contributed by atoms with Gasteiger partial charge in [-0.1, -0.05) is 12.1 Å². The van der Waals surface area contributed by atoms with E-state index in [1.807, 2.05) is 23.2 Å². The second kappa shape index (κ2) is 6.53. The van der Waals surface area contributed by atoms with Gasteiger partial charge in [-0.05, 0) is 49.8 Å². The SMILES string of the molecule is Cc1cccc2[nH]cc(CC(=O)N3CCCCC3CCO)c12. The van der Waals surface area contributed by atoms with E-state index in [1.54, 1.807) is 0 Å². The van der Waals surface area contributed by atoms with Crippen molar-refractivity contribution in [2.75, 3.05) is 13.2 Å². The van der Waals surface area contributed by atoms with Gasteiger partial charge in [-0.25, -0.2) is 0 Å². The minimum absolute atomic E-state index is 0.153. The Kier molecular flexibility index (Phi) is 4.48. The number of likely N-dealkylation sites (tertiary alicyclic amines) is 1. The van der Waals surface area contributed by atoms with Crippen molar-refractivity contribution in [1.82, 2.24) is 9.88 Å². The molecule has 0 bridgehead atoms. The first-order chi connectivity index (χ1) is 10.7. The topological polar surface area (TPSA) is 56.3 Å². The molecule has 1 aromatic heterocycles. The van der Waals surface area contributed by atoms with Crippen LogP contribution in [-0.4, -0.2) is 40.1 Å². The molecule has 1 amide bonds. The highest BCUT2D eigenvalue weighted by Crippen LogP contribution is 2.25. The summed E-state index contributed by atoms with van der Waals surface area (Å²) in [4.78, 5) is 18.0. The van der Waals surface area contributed by atoms with E-state index in [2.05, 4.69) is 18.0 Å². The van der Waals surface area contributed by atoms with Crippen molar-refractivity contribution in [3.05, 3.63) is 35.5 Å². The molecule has 1 aromatic carbocycles. The van der Waals surface area contributed by atoms with Crippen molar-refractivity contribution in [3.63, 3.8) is 0 Å². The molecule has 4 heteroatoms. The van der Waals surface area contributed by atoms with Crippen molar-refractivity contribution in [2.45, 2.75) is 45.1 Å². The number of H-pyrrole nitrogens is 1. The fraction of sp³-hybridized carbons (Fsp3) is 0.500. The van der Waals surface area contributed by atoms with E-state index in [0.717, 1.165) is 36.9 Å². The van der Waals surface area contributed by atoms with Gasteiger partial charge in [-0.3, -0.25) is 4.79 Å². The second-order valence-electron chi connectivity index (χ2n) is 6.24. The minimum Gasteiger partial charge on any atom is -0.396 e. The van der Waals surface area contributed by atoms with E-state index in [0.29, 0.717) is 12.8 Å². The molecule has 1 saturated heterocycles. The predicted molar refractivity (Wildman–Crippen MR) is 87.8 cm³/mol. The van der Waals surface area contributed by atoms with Crippen LogP contribution in [0.3, 0.4) is 0 Å². The monoisotopic (exact) mass is 300 g/mol. The zero-order valence-corrected chi connectivity index (χ0v) is 13.1. The van der Waals surface area contributed by atoms with Gasteiger partial charge in [0.2, 0.25) is 5.91 Å². The van der Waals surface area contributed by atoms with Crippen LogP contribution in [0.1, 0.15) is 36.8 Å². The van der Waals surface area contributed by atoms with Gasteiger partial charge >= 0.3 is 0 Å². The quantitative estimate of drug-likeness (QED) is 0.912. The summed E-state index contributed by atoms with van der Waals surface area (Å²) in [5.74, 6) is 0.183. The van der Waals surface area contributed by atoms with Crippen LogP contribution in [0.5, 0.6) is 0 Å². The zero-order chi connectivity index (χ0) is 15.5. The molecule has 1 unspecified atom stereocenters. The number of rotatable bonds is 4. The van der Waals surface area contributed by atoms with Crippen LogP contribution in [0, 0.1) is 6.92 Å². The average Bonchev–Trinajstić information content (AvgIpc) is 2.92. The Labute approximate surface area is 131 Å². The third kappa shape index (κ3) is 2.88. The first-order valence-electron chi connectivity index (χ1n) is 8.16. The van der Waals surface area contributed by atoms with E-state index in [-0.39, 0.29) is 18.6 Å². The summed E-state index contributed by atoms with van der Waals surface area (Å²) in [6, 6.07) is 6.37. The van der Waals surface area contributed by atoms with Crippen molar-refractivity contribution < 1.29 is 9.90 Å². The number of benzene rings is 1. The lowest BCUT2D eigenvalue weighted by Crippen LogP contribution is -2.44. The van der Waals surface area contributed by atoms with Crippen molar-refractivity contribution >= 4 is 16.8 Å². The average molecular weight is 300 g/mol. The molecule has 2 heterocycles. The molecule has 0 saturated carbocycles. The molecule has 118 valence electrons. The minimum atomic E-state index is 0.153. The molecule has 1 aliphatic rings. The number of piperidine rings is 1. The van der Waals surface area contributed by atoms with Crippen molar-refractivity contribution in [2.24, 2.45) is 0 Å². The highest BCUT2D eigenvalue weighted by atomic mass is 16.3. The summed E-state index contributed by atoms with van der Waals surface area (Å²) in [6.45, 7) is 3.06. The van der Waals surface area contributed by atoms with Gasteiger partial charge in [0.25, 0.3) is 0 Å². The number of hydrogen-bond donors (Lipinski definition) is 2. The summed E-state index contributed by atoms with van der Waals surface area (Å²) in [5, 5.41) is 10.4. The smallest absolute Gasteiger partial charge is 0.227 e. The first kappa shape index (κ1) is 15.1. The van der Waals surface area contributed by atoms with Gasteiger partial charge in [-0.15, -0.1) is 0 Å². The summed E-state index contributed by atoms with van der Waals surface area (Å²) in [7, 11) is 0. The third-order valence-electron chi connectivity index (χ3n) is 4.75. The number of hydrogen-bond acceptors (Lipinski definition) is 2. The standard InChI is InChI=1S/C18H24N2O2/c1-13-5-4-7-16-18(13)14(12-19-16)11-17(22)20-9-3-2-6-15(20)8-10-21/h4-5,7,12,15,19,21H,2-3,6,8-11H2,1H3. The molecule has 2 N–H and O–H groups in total.